The molecule has 1 rings (SSSR count). The molecule has 1 saturated heterocycles. The van der Waals surface area contributed by atoms with E-state index in [2.05, 4.69) is 10.6 Å². The number of carbonyl (C=O) groups is 3. The molecule has 0 aliphatic carbocycles. The Hall–Kier alpha value is -1.91. The Morgan fingerprint density at radius 3 is 2.76 bits per heavy atom. The molecule has 0 radical (unpaired) electrons. The zero-order valence-electron chi connectivity index (χ0n) is 9.95. The Balaban J connectivity index is 2.57. The van der Waals surface area contributed by atoms with E-state index in [-0.39, 0.29) is 18.2 Å². The summed E-state index contributed by atoms with van der Waals surface area (Å²) in [7, 11) is 0. The molecule has 1 heterocycles. The topological polar surface area (TPSA) is 75.3 Å². The van der Waals surface area contributed by atoms with Crippen LogP contribution >= 0.6 is 0 Å². The van der Waals surface area contributed by atoms with E-state index in [0.717, 1.165) is 0 Å². The van der Waals surface area contributed by atoms with Crippen molar-refractivity contribution in [1.29, 1.82) is 0 Å². The van der Waals surface area contributed by atoms with Gasteiger partial charge >= 0.3 is 0 Å². The summed E-state index contributed by atoms with van der Waals surface area (Å²) >= 11 is 0. The highest BCUT2D eigenvalue weighted by Gasteiger charge is 2.27. The summed E-state index contributed by atoms with van der Waals surface area (Å²) < 4.78 is 0. The van der Waals surface area contributed by atoms with Crippen molar-refractivity contribution in [1.82, 2.24) is 10.6 Å². The highest BCUT2D eigenvalue weighted by atomic mass is 16.2. The molecule has 1 aliphatic rings. The zero-order valence-corrected chi connectivity index (χ0v) is 9.95. The van der Waals surface area contributed by atoms with Gasteiger partial charge in [-0.1, -0.05) is 18.2 Å². The molecule has 1 fully saturated rings. The van der Waals surface area contributed by atoms with E-state index in [9.17, 15) is 14.4 Å². The maximum Gasteiger partial charge on any atom is 0.249 e. The van der Waals surface area contributed by atoms with Gasteiger partial charge in [0.05, 0.1) is 0 Å². The lowest BCUT2D eigenvalue weighted by atomic mass is 10.1. The van der Waals surface area contributed by atoms with Crippen LogP contribution in [-0.4, -0.2) is 23.8 Å². The normalized spacial score (nSPS) is 21.5. The van der Waals surface area contributed by atoms with Crippen LogP contribution < -0.4 is 10.6 Å². The quantitative estimate of drug-likeness (QED) is 0.424. The van der Waals surface area contributed by atoms with E-state index in [4.69, 9.17) is 0 Å². The molecule has 0 aromatic carbocycles. The van der Waals surface area contributed by atoms with E-state index in [1.54, 1.807) is 19.1 Å². The summed E-state index contributed by atoms with van der Waals surface area (Å²) in [6, 6.07) is -0.617. The van der Waals surface area contributed by atoms with Gasteiger partial charge in [-0.25, -0.2) is 0 Å². The second kappa shape index (κ2) is 5.98. The zero-order chi connectivity index (χ0) is 12.8. The van der Waals surface area contributed by atoms with Crippen LogP contribution in [0.2, 0.25) is 0 Å². The molecule has 5 nitrogen and oxygen atoms in total. The lowest BCUT2D eigenvalue weighted by molar-refractivity contribution is -0.136. The second-order valence-electron chi connectivity index (χ2n) is 3.85. The number of hydrogen-bond donors (Lipinski definition) is 2. The number of nitrogens with one attached hydrogen (secondary N) is 2. The molecule has 0 aromatic rings. The lowest BCUT2D eigenvalue weighted by Gasteiger charge is -2.21. The SMILES string of the molecule is C/C=C\C=C(/C)C(=O)NC1CCC(=O)NC1=O. The second-order valence-corrected chi connectivity index (χ2v) is 3.85. The fourth-order valence-corrected chi connectivity index (χ4v) is 1.42. The number of carbonyl (C=O) groups excluding carboxylic acids is 3. The minimum absolute atomic E-state index is 0.258. The van der Waals surface area contributed by atoms with Gasteiger partial charge in [0.15, 0.2) is 0 Å². The van der Waals surface area contributed by atoms with Crippen molar-refractivity contribution >= 4 is 17.7 Å². The van der Waals surface area contributed by atoms with Crippen LogP contribution in [0.4, 0.5) is 0 Å². The minimum Gasteiger partial charge on any atom is -0.340 e. The van der Waals surface area contributed by atoms with Crippen LogP contribution in [-0.2, 0) is 14.4 Å². The molecule has 0 spiro atoms. The Bertz CT molecular complexity index is 397. The minimum atomic E-state index is -0.617. The average Bonchev–Trinajstić information content (AvgIpc) is 2.29. The number of amides is 3. The van der Waals surface area contributed by atoms with Crippen LogP contribution in [0, 0.1) is 0 Å². The molecule has 5 heteroatoms. The monoisotopic (exact) mass is 236 g/mol. The number of rotatable bonds is 3. The number of hydrogen-bond acceptors (Lipinski definition) is 3. The van der Waals surface area contributed by atoms with Crippen molar-refractivity contribution in [2.45, 2.75) is 32.7 Å². The van der Waals surface area contributed by atoms with Gasteiger partial charge in [0.2, 0.25) is 17.7 Å². The predicted molar refractivity (Wildman–Crippen MR) is 62.9 cm³/mol. The molecule has 0 saturated carbocycles. The number of allylic oxidation sites excluding steroid dienone is 3. The molecular formula is C12H16N2O3. The Kier molecular flexibility index (Phi) is 4.63. The summed E-state index contributed by atoms with van der Waals surface area (Å²) in [6.45, 7) is 3.52. The standard InChI is InChI=1S/C12H16N2O3/c1-3-4-5-8(2)11(16)13-9-6-7-10(15)14-12(9)17/h3-5,9H,6-7H2,1-2H3,(H,13,16)(H,14,15,17)/b4-3-,8-5+. The summed E-state index contributed by atoms with van der Waals surface area (Å²) in [6.07, 6.45) is 5.84. The van der Waals surface area contributed by atoms with Crippen molar-refractivity contribution < 1.29 is 14.4 Å². The van der Waals surface area contributed by atoms with E-state index in [1.165, 1.54) is 0 Å². The van der Waals surface area contributed by atoms with E-state index in [0.29, 0.717) is 12.0 Å². The van der Waals surface area contributed by atoms with Gasteiger partial charge in [-0.2, -0.15) is 0 Å². The van der Waals surface area contributed by atoms with Crippen molar-refractivity contribution in [3.8, 4) is 0 Å². The maximum atomic E-state index is 11.7. The van der Waals surface area contributed by atoms with E-state index < -0.39 is 11.9 Å². The van der Waals surface area contributed by atoms with Crippen LogP contribution in [0.1, 0.15) is 26.7 Å². The van der Waals surface area contributed by atoms with Crippen molar-refractivity contribution in [2.75, 3.05) is 0 Å². The predicted octanol–water partition coefficient (Wildman–Crippen LogP) is 0.430. The molecular weight excluding hydrogens is 220 g/mol. The molecule has 1 unspecified atom stereocenters. The Morgan fingerprint density at radius 1 is 1.47 bits per heavy atom. The van der Waals surface area contributed by atoms with Crippen LogP contribution in [0.5, 0.6) is 0 Å². The van der Waals surface area contributed by atoms with Crippen molar-refractivity contribution in [2.24, 2.45) is 0 Å². The first-order chi connectivity index (χ1) is 8.04. The third-order valence-electron chi connectivity index (χ3n) is 2.44. The molecule has 1 atom stereocenters. The highest BCUT2D eigenvalue weighted by molar-refractivity contribution is 6.03. The lowest BCUT2D eigenvalue weighted by Crippen LogP contribution is -2.52. The summed E-state index contributed by atoms with van der Waals surface area (Å²) in [4.78, 5) is 34.0. The summed E-state index contributed by atoms with van der Waals surface area (Å²) in [5.74, 6) is -1.02. The summed E-state index contributed by atoms with van der Waals surface area (Å²) in [5.41, 5.74) is 0.521. The van der Waals surface area contributed by atoms with Crippen LogP contribution in [0.25, 0.3) is 0 Å². The third-order valence-corrected chi connectivity index (χ3v) is 2.44. The van der Waals surface area contributed by atoms with Gasteiger partial charge in [-0.3, -0.25) is 19.7 Å². The Morgan fingerprint density at radius 2 is 2.18 bits per heavy atom. The Labute approximate surface area is 100.0 Å². The van der Waals surface area contributed by atoms with E-state index in [1.807, 2.05) is 13.0 Å². The summed E-state index contributed by atoms with van der Waals surface area (Å²) in [5, 5.41) is 4.78. The molecule has 17 heavy (non-hydrogen) atoms. The van der Waals surface area contributed by atoms with Gasteiger partial charge in [-0.05, 0) is 20.3 Å². The largest absolute Gasteiger partial charge is 0.340 e. The van der Waals surface area contributed by atoms with Crippen molar-refractivity contribution in [3.63, 3.8) is 0 Å². The molecule has 0 aromatic heterocycles. The fourth-order valence-electron chi connectivity index (χ4n) is 1.42. The molecule has 1 aliphatic heterocycles. The van der Waals surface area contributed by atoms with Crippen LogP contribution in [0.15, 0.2) is 23.8 Å². The van der Waals surface area contributed by atoms with Gasteiger partial charge in [0.25, 0.3) is 0 Å². The first kappa shape index (κ1) is 13.2. The molecule has 0 bridgehead atoms. The molecule has 2 N–H and O–H groups in total. The number of piperidine rings is 1. The maximum absolute atomic E-state index is 11.7. The number of imide groups is 1. The van der Waals surface area contributed by atoms with Gasteiger partial charge < -0.3 is 5.32 Å². The average molecular weight is 236 g/mol. The first-order valence-corrected chi connectivity index (χ1v) is 5.48. The smallest absolute Gasteiger partial charge is 0.249 e. The molecule has 3 amide bonds. The van der Waals surface area contributed by atoms with Crippen molar-refractivity contribution in [3.05, 3.63) is 23.8 Å². The highest BCUT2D eigenvalue weighted by Crippen LogP contribution is 2.05. The van der Waals surface area contributed by atoms with Crippen LogP contribution in [0.3, 0.4) is 0 Å². The fraction of sp³-hybridized carbons (Fsp3) is 0.417. The van der Waals surface area contributed by atoms with Gasteiger partial charge in [-0.15, -0.1) is 0 Å². The van der Waals surface area contributed by atoms with Gasteiger partial charge in [0, 0.05) is 12.0 Å². The van der Waals surface area contributed by atoms with Gasteiger partial charge in [0.1, 0.15) is 6.04 Å². The first-order valence-electron chi connectivity index (χ1n) is 5.48. The molecule has 92 valence electrons. The van der Waals surface area contributed by atoms with E-state index >= 15 is 0 Å². The third kappa shape index (κ3) is 3.86.